The molecule has 0 saturated carbocycles. The number of aromatic nitrogens is 2. The summed E-state index contributed by atoms with van der Waals surface area (Å²) in [5.41, 5.74) is 0.720. The molecule has 0 aromatic carbocycles. The monoisotopic (exact) mass is 358 g/mol. The Morgan fingerprint density at radius 1 is 1.24 bits per heavy atom. The lowest BCUT2D eigenvalue weighted by Gasteiger charge is -2.39. The second kappa shape index (κ2) is 6.46. The quantitative estimate of drug-likeness (QED) is 0.886. The van der Waals surface area contributed by atoms with Gasteiger partial charge in [0.25, 0.3) is 0 Å². The number of halogens is 1. The molecular formula is C14H23BrN4O2. The van der Waals surface area contributed by atoms with E-state index in [-0.39, 0.29) is 0 Å². The van der Waals surface area contributed by atoms with Crippen LogP contribution < -0.4 is 0 Å². The number of rotatable bonds is 4. The number of aliphatic carboxylic acids is 1. The summed E-state index contributed by atoms with van der Waals surface area (Å²) in [6.07, 6.45) is 0. The number of hydrogen-bond donors (Lipinski definition) is 1. The molecule has 7 heteroatoms. The van der Waals surface area contributed by atoms with Gasteiger partial charge < -0.3 is 9.67 Å². The molecule has 118 valence electrons. The van der Waals surface area contributed by atoms with Crippen molar-refractivity contribution < 1.29 is 9.90 Å². The average molecular weight is 359 g/mol. The predicted octanol–water partition coefficient (Wildman–Crippen LogP) is 1.64. The van der Waals surface area contributed by atoms with E-state index < -0.39 is 12.0 Å². The van der Waals surface area contributed by atoms with Gasteiger partial charge in [-0.1, -0.05) is 0 Å². The Kier molecular flexibility index (Phi) is 5.06. The van der Waals surface area contributed by atoms with Gasteiger partial charge in [0.1, 0.15) is 10.4 Å². The van der Waals surface area contributed by atoms with E-state index in [9.17, 15) is 9.90 Å². The number of hydrogen-bond acceptors (Lipinski definition) is 4. The Balaban J connectivity index is 2.23. The number of aryl methyl sites for hydroxylation is 1. The maximum atomic E-state index is 11.8. The van der Waals surface area contributed by atoms with Crippen LogP contribution in [0.3, 0.4) is 0 Å². The number of nitrogens with zero attached hydrogens (tertiary/aromatic N) is 4. The van der Waals surface area contributed by atoms with Crippen LogP contribution in [0.15, 0.2) is 4.60 Å². The molecule has 1 aromatic heterocycles. The Labute approximate surface area is 133 Å². The van der Waals surface area contributed by atoms with Crippen molar-refractivity contribution in [2.45, 2.75) is 32.9 Å². The number of carboxylic acids is 1. The van der Waals surface area contributed by atoms with Gasteiger partial charge >= 0.3 is 5.97 Å². The van der Waals surface area contributed by atoms with Gasteiger partial charge in [0.2, 0.25) is 0 Å². The van der Waals surface area contributed by atoms with Crippen LogP contribution in [0.25, 0.3) is 0 Å². The maximum absolute atomic E-state index is 11.8. The van der Waals surface area contributed by atoms with Crippen LogP contribution in [0.1, 0.15) is 31.4 Å². The van der Waals surface area contributed by atoms with Crippen LogP contribution in [0, 0.1) is 6.92 Å². The van der Waals surface area contributed by atoms with Gasteiger partial charge in [-0.05, 0) is 36.7 Å². The Bertz CT molecular complexity index is 521. The molecule has 1 aliphatic heterocycles. The zero-order valence-corrected chi connectivity index (χ0v) is 14.6. The van der Waals surface area contributed by atoms with Crippen molar-refractivity contribution in [2.24, 2.45) is 7.05 Å². The first-order valence-corrected chi connectivity index (χ1v) is 8.01. The van der Waals surface area contributed by atoms with Crippen molar-refractivity contribution in [2.75, 3.05) is 26.2 Å². The lowest BCUT2D eigenvalue weighted by molar-refractivity contribution is -0.144. The summed E-state index contributed by atoms with van der Waals surface area (Å²) < 4.78 is 2.48. The summed E-state index contributed by atoms with van der Waals surface area (Å²) in [6.45, 7) is 9.53. The molecule has 2 heterocycles. The zero-order valence-electron chi connectivity index (χ0n) is 13.0. The van der Waals surface area contributed by atoms with Gasteiger partial charge in [0.05, 0.1) is 5.69 Å². The van der Waals surface area contributed by atoms with E-state index in [0.717, 1.165) is 37.7 Å². The van der Waals surface area contributed by atoms with Crippen molar-refractivity contribution in [3.05, 3.63) is 16.1 Å². The lowest BCUT2D eigenvalue weighted by atomic mass is 10.1. The van der Waals surface area contributed by atoms with E-state index in [1.807, 2.05) is 23.4 Å². The van der Waals surface area contributed by atoms with E-state index >= 15 is 0 Å². The third-order valence-corrected chi connectivity index (χ3v) is 4.84. The standard InChI is InChI=1S/C14H23BrN4O2/c1-9(2)18-5-7-19(8-6-18)12(14(20)21)11-13(15)16-10(3)17(11)4/h9,12H,5-8H2,1-4H3,(H,20,21). The fraction of sp³-hybridized carbons (Fsp3) is 0.714. The fourth-order valence-corrected chi connectivity index (χ4v) is 3.58. The molecule has 1 saturated heterocycles. The second-order valence-electron chi connectivity index (χ2n) is 5.80. The normalized spacial score (nSPS) is 19.1. The molecule has 0 aliphatic carbocycles. The van der Waals surface area contributed by atoms with Crippen LogP contribution in [0.4, 0.5) is 0 Å². The highest BCUT2D eigenvalue weighted by molar-refractivity contribution is 9.10. The molecule has 0 bridgehead atoms. The number of piperazine rings is 1. The van der Waals surface area contributed by atoms with Crippen molar-refractivity contribution >= 4 is 21.9 Å². The van der Waals surface area contributed by atoms with Crippen molar-refractivity contribution in [3.63, 3.8) is 0 Å². The molecule has 2 rings (SSSR count). The molecule has 1 aromatic rings. The largest absolute Gasteiger partial charge is 0.480 e. The molecule has 0 spiro atoms. The Morgan fingerprint density at radius 3 is 2.14 bits per heavy atom. The van der Waals surface area contributed by atoms with E-state index in [2.05, 4.69) is 39.7 Å². The van der Waals surface area contributed by atoms with Crippen LogP contribution in [0.5, 0.6) is 0 Å². The van der Waals surface area contributed by atoms with E-state index in [1.165, 1.54) is 0 Å². The smallest absolute Gasteiger partial charge is 0.327 e. The highest BCUT2D eigenvalue weighted by Crippen LogP contribution is 2.29. The number of carboxylic acid groups (broad SMARTS) is 1. The number of imidazole rings is 1. The summed E-state index contributed by atoms with van der Waals surface area (Å²) in [4.78, 5) is 20.5. The molecule has 21 heavy (non-hydrogen) atoms. The average Bonchev–Trinajstić information content (AvgIpc) is 2.66. The molecule has 1 unspecified atom stereocenters. The van der Waals surface area contributed by atoms with Crippen LogP contribution in [-0.4, -0.2) is 62.6 Å². The van der Waals surface area contributed by atoms with Crippen molar-refractivity contribution in [1.29, 1.82) is 0 Å². The molecule has 1 fully saturated rings. The topological polar surface area (TPSA) is 61.6 Å². The minimum absolute atomic E-state index is 0.501. The van der Waals surface area contributed by atoms with Gasteiger partial charge in [-0.15, -0.1) is 0 Å². The molecule has 1 N–H and O–H groups in total. The minimum atomic E-state index is -0.823. The van der Waals surface area contributed by atoms with Crippen LogP contribution in [-0.2, 0) is 11.8 Å². The minimum Gasteiger partial charge on any atom is -0.480 e. The Morgan fingerprint density at radius 2 is 1.76 bits per heavy atom. The summed E-state index contributed by atoms with van der Waals surface area (Å²) in [6, 6.07) is -0.152. The van der Waals surface area contributed by atoms with Gasteiger partial charge in [-0.3, -0.25) is 14.6 Å². The molecule has 1 atom stereocenters. The Hall–Kier alpha value is -0.920. The summed E-state index contributed by atoms with van der Waals surface area (Å²) >= 11 is 3.41. The molecule has 6 nitrogen and oxygen atoms in total. The van der Waals surface area contributed by atoms with Gasteiger partial charge in [-0.25, -0.2) is 4.98 Å². The zero-order chi connectivity index (χ0) is 15.7. The first-order chi connectivity index (χ1) is 9.82. The van der Waals surface area contributed by atoms with Crippen LogP contribution in [0.2, 0.25) is 0 Å². The second-order valence-corrected chi connectivity index (χ2v) is 6.55. The van der Waals surface area contributed by atoms with E-state index in [4.69, 9.17) is 0 Å². The molecule has 1 aliphatic rings. The number of carbonyl (C=O) groups is 1. The molecular weight excluding hydrogens is 336 g/mol. The predicted molar refractivity (Wildman–Crippen MR) is 84.3 cm³/mol. The van der Waals surface area contributed by atoms with Crippen molar-refractivity contribution in [3.8, 4) is 0 Å². The van der Waals surface area contributed by atoms with Crippen molar-refractivity contribution in [1.82, 2.24) is 19.4 Å². The van der Waals surface area contributed by atoms with Crippen LogP contribution >= 0.6 is 15.9 Å². The lowest BCUT2D eigenvalue weighted by Crippen LogP contribution is -2.51. The van der Waals surface area contributed by atoms with Gasteiger partial charge in [0, 0.05) is 39.3 Å². The van der Waals surface area contributed by atoms with E-state index in [1.54, 1.807) is 0 Å². The summed E-state index contributed by atoms with van der Waals surface area (Å²) in [5.74, 6) is -0.0133. The van der Waals surface area contributed by atoms with E-state index in [0.29, 0.717) is 10.6 Å². The highest BCUT2D eigenvalue weighted by atomic mass is 79.9. The first kappa shape index (κ1) is 16.5. The summed E-state index contributed by atoms with van der Waals surface area (Å²) in [7, 11) is 1.86. The summed E-state index contributed by atoms with van der Waals surface area (Å²) in [5, 5.41) is 9.69. The molecule has 0 radical (unpaired) electrons. The van der Waals surface area contributed by atoms with Gasteiger partial charge in [0.15, 0.2) is 6.04 Å². The maximum Gasteiger partial charge on any atom is 0.327 e. The highest BCUT2D eigenvalue weighted by Gasteiger charge is 2.34. The SMILES string of the molecule is Cc1nc(Br)c(C(C(=O)O)N2CCN(C(C)C)CC2)n1C. The third kappa shape index (κ3) is 3.30. The first-order valence-electron chi connectivity index (χ1n) is 7.22. The fourth-order valence-electron chi connectivity index (χ4n) is 2.84. The van der Waals surface area contributed by atoms with Gasteiger partial charge in [-0.2, -0.15) is 0 Å². The molecule has 0 amide bonds. The third-order valence-electron chi connectivity index (χ3n) is 4.26.